The molecule has 3 N–H and O–H groups in total. The summed E-state index contributed by atoms with van der Waals surface area (Å²) in [4.78, 5) is 24.8. The first kappa shape index (κ1) is 16.7. The molecule has 6 heteroatoms. The molecule has 0 bridgehead atoms. The monoisotopic (exact) mass is 331 g/mol. The van der Waals surface area contributed by atoms with Crippen molar-refractivity contribution in [2.75, 3.05) is 20.7 Å². The molecule has 1 atom stereocenters. The van der Waals surface area contributed by atoms with Gasteiger partial charge in [0.15, 0.2) is 6.04 Å². The van der Waals surface area contributed by atoms with E-state index in [1.165, 1.54) is 18.4 Å². The van der Waals surface area contributed by atoms with Crippen molar-refractivity contribution in [2.24, 2.45) is 5.73 Å². The normalized spacial score (nSPS) is 16.3. The van der Waals surface area contributed by atoms with Gasteiger partial charge in [0.1, 0.15) is 23.5 Å². The van der Waals surface area contributed by atoms with Gasteiger partial charge in [0, 0.05) is 5.39 Å². The highest BCUT2D eigenvalue weighted by Gasteiger charge is 2.42. The van der Waals surface area contributed by atoms with E-state index < -0.39 is 18.6 Å². The van der Waals surface area contributed by atoms with Crippen molar-refractivity contribution in [3.63, 3.8) is 0 Å². The maximum absolute atomic E-state index is 13.2. The maximum atomic E-state index is 13.2. The van der Waals surface area contributed by atoms with Crippen molar-refractivity contribution in [1.29, 1.82) is 0 Å². The molecule has 1 aromatic heterocycles. The molecule has 2 amide bonds. The average Bonchev–Trinajstić information content (AvgIpc) is 3.29. The lowest BCUT2D eigenvalue weighted by Crippen LogP contribution is -2.60. The fraction of sp³-hybridized carbons (Fsp3) is 0.444. The van der Waals surface area contributed by atoms with Crippen molar-refractivity contribution in [1.82, 2.24) is 0 Å². The molecule has 1 aromatic carbocycles. The molecule has 6 nitrogen and oxygen atoms in total. The minimum Gasteiger partial charge on any atom is -0.460 e. The number of aliphatic hydroxyl groups is 1. The SMILES string of the molecule is Cc1oc2ccc(C3CC3)cc2c1C(=O)[N+](C)(C)C(CO)C(N)=O. The molecule has 1 fully saturated rings. The van der Waals surface area contributed by atoms with E-state index in [0.29, 0.717) is 22.8 Å². The van der Waals surface area contributed by atoms with Crippen LogP contribution in [-0.4, -0.2) is 48.1 Å². The molecule has 2 aromatic rings. The molecule has 0 saturated heterocycles. The van der Waals surface area contributed by atoms with Crippen LogP contribution in [0.4, 0.5) is 0 Å². The highest BCUT2D eigenvalue weighted by atomic mass is 16.3. The van der Waals surface area contributed by atoms with Crippen LogP contribution in [0.2, 0.25) is 0 Å². The maximum Gasteiger partial charge on any atom is 0.350 e. The van der Waals surface area contributed by atoms with Crippen LogP contribution < -0.4 is 5.73 Å². The van der Waals surface area contributed by atoms with Crippen LogP contribution in [0.5, 0.6) is 0 Å². The molecule has 0 aliphatic heterocycles. The van der Waals surface area contributed by atoms with Crippen molar-refractivity contribution >= 4 is 22.8 Å². The molecule has 1 aliphatic rings. The quantitative estimate of drug-likeness (QED) is 0.815. The van der Waals surface area contributed by atoms with Gasteiger partial charge in [-0.3, -0.25) is 4.79 Å². The van der Waals surface area contributed by atoms with Gasteiger partial charge in [0.2, 0.25) is 0 Å². The van der Waals surface area contributed by atoms with E-state index in [4.69, 9.17) is 10.2 Å². The zero-order valence-corrected chi connectivity index (χ0v) is 14.2. The summed E-state index contributed by atoms with van der Waals surface area (Å²) in [5.74, 6) is 0.0678. The van der Waals surface area contributed by atoms with E-state index >= 15 is 0 Å². The Labute approximate surface area is 140 Å². The first-order valence-corrected chi connectivity index (χ1v) is 8.09. The molecule has 1 saturated carbocycles. The molecular weight excluding hydrogens is 308 g/mol. The Morgan fingerprint density at radius 2 is 2.04 bits per heavy atom. The molecule has 1 unspecified atom stereocenters. The van der Waals surface area contributed by atoms with Crippen LogP contribution >= 0.6 is 0 Å². The number of carbonyl (C=O) groups is 2. The number of nitrogens with zero attached hydrogens (tertiary/aromatic N) is 1. The van der Waals surface area contributed by atoms with Gasteiger partial charge >= 0.3 is 5.91 Å². The molecule has 24 heavy (non-hydrogen) atoms. The van der Waals surface area contributed by atoms with E-state index in [1.54, 1.807) is 21.0 Å². The van der Waals surface area contributed by atoms with Crippen LogP contribution in [0.25, 0.3) is 11.0 Å². The number of rotatable bonds is 5. The summed E-state index contributed by atoms with van der Waals surface area (Å²) in [5, 5.41) is 10.3. The second kappa shape index (κ2) is 5.72. The lowest BCUT2D eigenvalue weighted by molar-refractivity contribution is -0.825. The number of hydrogen-bond donors (Lipinski definition) is 2. The number of benzene rings is 1. The lowest BCUT2D eigenvalue weighted by Gasteiger charge is -2.32. The number of likely N-dealkylation sites (N-methyl/N-ethyl adjacent to an activating group) is 1. The van der Waals surface area contributed by atoms with Crippen LogP contribution in [0.3, 0.4) is 0 Å². The summed E-state index contributed by atoms with van der Waals surface area (Å²) < 4.78 is 5.38. The van der Waals surface area contributed by atoms with Gasteiger partial charge in [-0.05, 0) is 43.4 Å². The summed E-state index contributed by atoms with van der Waals surface area (Å²) in [5.41, 5.74) is 7.67. The highest BCUT2D eigenvalue weighted by molar-refractivity contribution is 6.05. The zero-order chi connectivity index (χ0) is 17.6. The van der Waals surface area contributed by atoms with Crippen LogP contribution in [0, 0.1) is 6.92 Å². The van der Waals surface area contributed by atoms with Crippen molar-refractivity contribution < 1.29 is 23.6 Å². The van der Waals surface area contributed by atoms with Crippen molar-refractivity contribution in [3.8, 4) is 0 Å². The van der Waals surface area contributed by atoms with Crippen LogP contribution in [0.15, 0.2) is 22.6 Å². The van der Waals surface area contributed by atoms with E-state index in [1.807, 2.05) is 18.2 Å². The highest BCUT2D eigenvalue weighted by Crippen LogP contribution is 2.42. The fourth-order valence-electron chi connectivity index (χ4n) is 3.22. The van der Waals surface area contributed by atoms with E-state index in [9.17, 15) is 14.7 Å². The van der Waals surface area contributed by atoms with Gasteiger partial charge in [-0.15, -0.1) is 0 Å². The van der Waals surface area contributed by atoms with E-state index in [0.717, 1.165) is 5.39 Å². The number of primary amides is 1. The van der Waals surface area contributed by atoms with Gasteiger partial charge in [-0.25, -0.2) is 9.28 Å². The van der Waals surface area contributed by atoms with Crippen LogP contribution in [-0.2, 0) is 4.79 Å². The number of quaternary nitrogens is 1. The summed E-state index contributed by atoms with van der Waals surface area (Å²) >= 11 is 0. The summed E-state index contributed by atoms with van der Waals surface area (Å²) in [7, 11) is 3.16. The number of fused-ring (bicyclic) bond motifs is 1. The number of nitrogens with two attached hydrogens (primary N) is 1. The molecule has 128 valence electrons. The average molecular weight is 331 g/mol. The number of amides is 2. The number of hydrogen-bond acceptors (Lipinski definition) is 4. The molecule has 0 spiro atoms. The Morgan fingerprint density at radius 1 is 1.38 bits per heavy atom. The van der Waals surface area contributed by atoms with Crippen LogP contribution in [0.1, 0.15) is 40.4 Å². The fourth-order valence-corrected chi connectivity index (χ4v) is 3.22. The van der Waals surface area contributed by atoms with Gasteiger partial charge in [0.25, 0.3) is 5.91 Å². The third-order valence-electron chi connectivity index (χ3n) is 4.95. The summed E-state index contributed by atoms with van der Waals surface area (Å²) in [6.45, 7) is 1.25. The minimum absolute atomic E-state index is 0.294. The number of carbonyl (C=O) groups excluding carboxylic acids is 2. The summed E-state index contributed by atoms with van der Waals surface area (Å²) in [6, 6.07) is 4.93. The Balaban J connectivity index is 2.10. The molecule has 1 aliphatic carbocycles. The van der Waals surface area contributed by atoms with E-state index in [-0.39, 0.29) is 10.4 Å². The second-order valence-corrected chi connectivity index (χ2v) is 7.01. The number of aliphatic hydroxyl groups excluding tert-OH is 1. The molecule has 0 radical (unpaired) electrons. The summed E-state index contributed by atoms with van der Waals surface area (Å²) in [6.07, 6.45) is 2.34. The minimum atomic E-state index is -1.01. The Hall–Kier alpha value is -2.18. The smallest absolute Gasteiger partial charge is 0.350 e. The first-order valence-electron chi connectivity index (χ1n) is 8.09. The van der Waals surface area contributed by atoms with E-state index in [2.05, 4.69) is 0 Å². The molecule has 1 heterocycles. The topological polar surface area (TPSA) is 93.5 Å². The van der Waals surface area contributed by atoms with Gasteiger partial charge in [0.05, 0.1) is 14.1 Å². The Morgan fingerprint density at radius 3 is 2.58 bits per heavy atom. The van der Waals surface area contributed by atoms with Gasteiger partial charge in [-0.2, -0.15) is 0 Å². The number of aryl methyl sites for hydroxylation is 1. The predicted molar refractivity (Wildman–Crippen MR) is 89.4 cm³/mol. The third-order valence-corrected chi connectivity index (χ3v) is 4.95. The Kier molecular flexibility index (Phi) is 3.97. The van der Waals surface area contributed by atoms with Gasteiger partial charge < -0.3 is 15.3 Å². The number of furan rings is 1. The predicted octanol–water partition coefficient (Wildman–Crippen LogP) is 1.68. The molecule has 3 rings (SSSR count). The third kappa shape index (κ3) is 2.61. The molecular formula is C18H23N2O4+. The van der Waals surface area contributed by atoms with Gasteiger partial charge in [-0.1, -0.05) is 6.07 Å². The zero-order valence-electron chi connectivity index (χ0n) is 14.2. The lowest BCUT2D eigenvalue weighted by atomic mass is 10.0. The van der Waals surface area contributed by atoms with Crippen molar-refractivity contribution in [2.45, 2.75) is 31.7 Å². The largest absolute Gasteiger partial charge is 0.460 e. The first-order chi connectivity index (χ1) is 11.3. The standard InChI is InChI=1S/C18H22N2O4/c1-10-16(18(23)20(2,3)14(9-21)17(19)22)13-8-12(11-4-5-11)6-7-15(13)24-10/h6-8,11,14,21H,4-5,9H2,1-3H3,(H-,19,22)/p+1. The Bertz CT molecular complexity index is 818. The van der Waals surface area contributed by atoms with Crippen molar-refractivity contribution in [3.05, 3.63) is 35.1 Å². The second-order valence-electron chi connectivity index (χ2n) is 7.01.